The van der Waals surface area contributed by atoms with Crippen LogP contribution in [0.15, 0.2) is 36.4 Å². The number of fused-ring (bicyclic) bond motifs is 3. The van der Waals surface area contributed by atoms with E-state index in [0.29, 0.717) is 31.9 Å². The third kappa shape index (κ3) is 8.74. The zero-order valence-corrected chi connectivity index (χ0v) is 25.5. The minimum Gasteiger partial charge on any atom is -0.491 e. The number of unbranched alkanes of at least 4 members (excludes halogenated alkanes) is 2. The zero-order chi connectivity index (χ0) is 31.0. The van der Waals surface area contributed by atoms with E-state index in [4.69, 9.17) is 18.9 Å². The summed E-state index contributed by atoms with van der Waals surface area (Å²) in [5, 5.41) is 1.01. The Labute approximate surface area is 251 Å². The molecular formula is C33H43F3N2O5. The summed E-state index contributed by atoms with van der Waals surface area (Å²) in [4.78, 5) is 16.4. The zero-order valence-electron chi connectivity index (χ0n) is 25.5. The van der Waals surface area contributed by atoms with Crippen molar-refractivity contribution >= 4 is 16.9 Å². The highest BCUT2D eigenvalue weighted by molar-refractivity contribution is 5.85. The number of hydrogen-bond acceptors (Lipinski definition) is 6. The molecule has 2 atom stereocenters. The van der Waals surface area contributed by atoms with Crippen LogP contribution in [0.25, 0.3) is 10.9 Å². The molecule has 1 aliphatic heterocycles. The number of aromatic nitrogens is 1. The van der Waals surface area contributed by atoms with Crippen molar-refractivity contribution < 1.29 is 36.9 Å². The van der Waals surface area contributed by atoms with E-state index in [1.165, 1.54) is 26.0 Å². The number of carbonyl (C=O) groups is 1. The Morgan fingerprint density at radius 3 is 2.42 bits per heavy atom. The second-order valence-electron chi connectivity index (χ2n) is 11.6. The molecule has 7 nitrogen and oxygen atoms in total. The maximum absolute atomic E-state index is 15.7. The van der Waals surface area contributed by atoms with Crippen LogP contribution >= 0.6 is 0 Å². The third-order valence-electron chi connectivity index (χ3n) is 7.50. The van der Waals surface area contributed by atoms with Gasteiger partial charge in [0.15, 0.2) is 0 Å². The molecule has 3 aromatic rings. The highest BCUT2D eigenvalue weighted by Crippen LogP contribution is 2.43. The maximum atomic E-state index is 15.7. The van der Waals surface area contributed by atoms with Gasteiger partial charge in [0.05, 0.1) is 19.3 Å². The number of benzene rings is 2. The van der Waals surface area contributed by atoms with Crippen molar-refractivity contribution in [3.63, 3.8) is 0 Å². The molecular weight excluding hydrogens is 561 g/mol. The standard InChI is InChI=1S/C33H43F3N2O5/c1-5-42-29(39)20-41-14-10-6-9-13-40-15-16-43-23-18-26(34)30(27(35)19-23)32-31-25(24-11-7-8-12-28(24)37-31)17-22(2)38(32)21-33(3,4)36/h7-8,11-12,18-19,22,32,37H,5-6,9-10,13-17,20-21H2,1-4H3/t22-,32-/m1/s1. The summed E-state index contributed by atoms with van der Waals surface area (Å²) in [5.74, 6) is -1.79. The number of para-hydroxylation sites is 1. The van der Waals surface area contributed by atoms with Gasteiger partial charge in [-0.3, -0.25) is 4.90 Å². The van der Waals surface area contributed by atoms with Gasteiger partial charge in [-0.2, -0.15) is 0 Å². The number of H-pyrrole nitrogens is 1. The fourth-order valence-electron chi connectivity index (χ4n) is 5.67. The summed E-state index contributed by atoms with van der Waals surface area (Å²) < 4.78 is 67.7. The highest BCUT2D eigenvalue weighted by atomic mass is 19.1. The summed E-state index contributed by atoms with van der Waals surface area (Å²) >= 11 is 0. The molecule has 10 heteroatoms. The van der Waals surface area contributed by atoms with E-state index >= 15 is 8.78 Å². The fraction of sp³-hybridized carbons (Fsp3) is 0.545. The normalized spacial score (nSPS) is 17.3. The van der Waals surface area contributed by atoms with Crippen molar-refractivity contribution in [1.29, 1.82) is 0 Å². The summed E-state index contributed by atoms with van der Waals surface area (Å²) in [5.41, 5.74) is 0.882. The second kappa shape index (κ2) is 15.1. The molecule has 1 aliphatic rings. The van der Waals surface area contributed by atoms with E-state index in [2.05, 4.69) is 4.98 Å². The first kappa shape index (κ1) is 32.8. The fourth-order valence-corrected chi connectivity index (χ4v) is 5.67. The average molecular weight is 605 g/mol. The number of alkyl halides is 1. The predicted molar refractivity (Wildman–Crippen MR) is 159 cm³/mol. The van der Waals surface area contributed by atoms with Gasteiger partial charge in [0.25, 0.3) is 0 Å². The maximum Gasteiger partial charge on any atom is 0.332 e. The first-order chi connectivity index (χ1) is 20.6. The van der Waals surface area contributed by atoms with E-state index in [1.54, 1.807) is 6.92 Å². The molecule has 0 saturated carbocycles. The first-order valence-electron chi connectivity index (χ1n) is 15.1. The minimum absolute atomic E-state index is 0.0166. The van der Waals surface area contributed by atoms with Crippen LogP contribution in [-0.4, -0.2) is 73.7 Å². The molecule has 0 bridgehead atoms. The molecule has 0 saturated heterocycles. The smallest absolute Gasteiger partial charge is 0.332 e. The van der Waals surface area contributed by atoms with Crippen molar-refractivity contribution in [1.82, 2.24) is 9.88 Å². The molecule has 1 N–H and O–H groups in total. The van der Waals surface area contributed by atoms with Gasteiger partial charge < -0.3 is 23.9 Å². The number of hydrogen-bond donors (Lipinski definition) is 1. The lowest BCUT2D eigenvalue weighted by Crippen LogP contribution is -2.48. The molecule has 4 rings (SSSR count). The highest BCUT2D eigenvalue weighted by Gasteiger charge is 2.41. The Balaban J connectivity index is 1.35. The van der Waals surface area contributed by atoms with Gasteiger partial charge in [0.1, 0.15) is 36.3 Å². The summed E-state index contributed by atoms with van der Waals surface area (Å²) in [6.07, 6.45) is 3.11. The van der Waals surface area contributed by atoms with E-state index in [0.717, 1.165) is 35.7 Å². The van der Waals surface area contributed by atoms with Crippen LogP contribution in [-0.2, 0) is 25.4 Å². The molecule has 236 valence electrons. The summed E-state index contributed by atoms with van der Waals surface area (Å²) in [6, 6.07) is 9.20. The van der Waals surface area contributed by atoms with E-state index in [1.807, 2.05) is 36.1 Å². The molecule has 0 fully saturated rings. The van der Waals surface area contributed by atoms with Crippen LogP contribution in [0.3, 0.4) is 0 Å². The molecule has 0 radical (unpaired) electrons. The number of rotatable bonds is 16. The Hall–Kier alpha value is -3.08. The quantitative estimate of drug-likeness (QED) is 0.145. The Bertz CT molecular complexity index is 1330. The Kier molecular flexibility index (Phi) is 11.5. The first-order valence-corrected chi connectivity index (χ1v) is 15.1. The number of esters is 1. The molecule has 1 aromatic heterocycles. The van der Waals surface area contributed by atoms with Gasteiger partial charge in [-0.25, -0.2) is 18.0 Å². The summed E-state index contributed by atoms with van der Waals surface area (Å²) in [6.45, 7) is 8.37. The monoisotopic (exact) mass is 604 g/mol. The lowest BCUT2D eigenvalue weighted by Gasteiger charge is -2.43. The van der Waals surface area contributed by atoms with Gasteiger partial charge in [-0.15, -0.1) is 0 Å². The average Bonchev–Trinajstić information content (AvgIpc) is 3.30. The van der Waals surface area contributed by atoms with Crippen LogP contribution in [0.5, 0.6) is 5.75 Å². The number of nitrogens with zero attached hydrogens (tertiary/aromatic N) is 1. The van der Waals surface area contributed by atoms with Crippen LogP contribution in [0, 0.1) is 11.6 Å². The van der Waals surface area contributed by atoms with Gasteiger partial charge in [0, 0.05) is 60.1 Å². The topological polar surface area (TPSA) is 73.0 Å². The van der Waals surface area contributed by atoms with E-state index < -0.39 is 23.3 Å². The number of halogens is 3. The van der Waals surface area contributed by atoms with Gasteiger partial charge in [-0.05, 0) is 65.0 Å². The molecule has 0 amide bonds. The number of aromatic amines is 1. The lowest BCUT2D eigenvalue weighted by molar-refractivity contribution is -0.148. The van der Waals surface area contributed by atoms with E-state index in [9.17, 15) is 9.18 Å². The largest absolute Gasteiger partial charge is 0.491 e. The molecule has 0 spiro atoms. The second-order valence-corrected chi connectivity index (χ2v) is 11.6. The minimum atomic E-state index is -1.57. The van der Waals surface area contributed by atoms with Gasteiger partial charge in [-0.1, -0.05) is 18.2 Å². The van der Waals surface area contributed by atoms with Gasteiger partial charge >= 0.3 is 5.97 Å². The predicted octanol–water partition coefficient (Wildman–Crippen LogP) is 6.68. The SMILES string of the molecule is CCOC(=O)COCCCCCOCCOc1cc(F)c([C@@H]2c3[nH]c4ccccc4c3C[C@@H](C)N2CC(C)(C)F)c(F)c1. The number of nitrogens with one attached hydrogen (secondary N) is 1. The van der Waals surface area contributed by atoms with Crippen molar-refractivity contribution in [2.45, 2.75) is 71.1 Å². The Morgan fingerprint density at radius 1 is 1.02 bits per heavy atom. The summed E-state index contributed by atoms with van der Waals surface area (Å²) in [7, 11) is 0. The van der Waals surface area contributed by atoms with Crippen molar-refractivity contribution in [3.8, 4) is 5.75 Å². The van der Waals surface area contributed by atoms with Crippen molar-refractivity contribution in [2.75, 3.05) is 46.2 Å². The number of ether oxygens (including phenoxy) is 4. The van der Waals surface area contributed by atoms with E-state index in [-0.39, 0.29) is 49.7 Å². The lowest BCUT2D eigenvalue weighted by atomic mass is 9.87. The molecule has 2 heterocycles. The molecule has 0 aliphatic carbocycles. The van der Waals surface area contributed by atoms with Crippen LogP contribution in [0.2, 0.25) is 0 Å². The molecule has 43 heavy (non-hydrogen) atoms. The number of carbonyl (C=O) groups excluding carboxylic acids is 1. The van der Waals surface area contributed by atoms with Crippen molar-refractivity contribution in [2.24, 2.45) is 0 Å². The van der Waals surface area contributed by atoms with Crippen LogP contribution in [0.4, 0.5) is 13.2 Å². The van der Waals surface area contributed by atoms with Crippen LogP contribution < -0.4 is 4.74 Å². The molecule has 0 unspecified atom stereocenters. The van der Waals surface area contributed by atoms with Crippen molar-refractivity contribution in [3.05, 3.63) is 64.9 Å². The van der Waals surface area contributed by atoms with Gasteiger partial charge in [0.2, 0.25) is 0 Å². The van der Waals surface area contributed by atoms with Crippen LogP contribution in [0.1, 0.15) is 69.8 Å². The Morgan fingerprint density at radius 2 is 1.72 bits per heavy atom. The molecule has 2 aromatic carbocycles. The third-order valence-corrected chi connectivity index (χ3v) is 7.50.